The average molecular weight is 233 g/mol. The summed E-state index contributed by atoms with van der Waals surface area (Å²) in [7, 11) is 0. The number of carboxylic acid groups (broad SMARTS) is 2. The number of rotatable bonds is 4. The van der Waals surface area contributed by atoms with Gasteiger partial charge in [0.1, 0.15) is 0 Å². The first-order chi connectivity index (χ1) is 5.54. The van der Waals surface area contributed by atoms with Gasteiger partial charge < -0.3 is 19.8 Å². The van der Waals surface area contributed by atoms with Crippen molar-refractivity contribution >= 4 is 11.9 Å². The first-order valence-electron chi connectivity index (χ1n) is 3.94. The maximum Gasteiger partial charge on any atom is 2.00 e. The zero-order valence-electron chi connectivity index (χ0n) is 7.78. The second kappa shape index (κ2) is 14.0. The molecule has 0 amide bonds. The molecule has 0 saturated carbocycles. The van der Waals surface area contributed by atoms with Crippen molar-refractivity contribution in [3.8, 4) is 0 Å². The van der Waals surface area contributed by atoms with Gasteiger partial charge in [-0.2, -0.15) is 0 Å². The minimum atomic E-state index is -0.961. The summed E-state index contributed by atoms with van der Waals surface area (Å²) in [6.07, 6.45) is 1.70. The first-order valence-corrected chi connectivity index (χ1v) is 3.94. The molecule has 0 rings (SSSR count). The Labute approximate surface area is 88.3 Å². The Hall–Kier alpha value is -0.566. The SMILES string of the molecule is CCCC(=O)[O-].CCCC(=O)[O-].[Ni+2]. The van der Waals surface area contributed by atoms with Gasteiger partial charge in [-0.15, -0.1) is 0 Å². The molecule has 0 heterocycles. The molecule has 80 valence electrons. The Morgan fingerprint density at radius 2 is 1.15 bits per heavy atom. The van der Waals surface area contributed by atoms with Gasteiger partial charge in [0.15, 0.2) is 0 Å². The zero-order valence-corrected chi connectivity index (χ0v) is 8.77. The monoisotopic (exact) mass is 232 g/mol. The molecule has 0 aromatic heterocycles. The van der Waals surface area contributed by atoms with Crippen LogP contribution in [0, 0.1) is 0 Å². The molecule has 0 spiro atoms. The fraction of sp³-hybridized carbons (Fsp3) is 0.750. The van der Waals surface area contributed by atoms with Crippen LogP contribution in [0.3, 0.4) is 0 Å². The normalized spacial score (nSPS) is 7.54. The number of carboxylic acids is 2. The maximum atomic E-state index is 9.49. The molecule has 0 bridgehead atoms. The van der Waals surface area contributed by atoms with Crippen LogP contribution in [-0.2, 0) is 26.1 Å². The van der Waals surface area contributed by atoms with Gasteiger partial charge in [-0.1, -0.05) is 26.7 Å². The Morgan fingerprint density at radius 3 is 1.15 bits per heavy atom. The number of carbonyl (C=O) groups is 2. The van der Waals surface area contributed by atoms with Crippen LogP contribution in [0.4, 0.5) is 0 Å². The van der Waals surface area contributed by atoms with E-state index in [1.807, 2.05) is 0 Å². The van der Waals surface area contributed by atoms with E-state index in [4.69, 9.17) is 0 Å². The molecule has 0 atom stereocenters. The summed E-state index contributed by atoms with van der Waals surface area (Å²) in [6, 6.07) is 0. The van der Waals surface area contributed by atoms with Gasteiger partial charge in [0.05, 0.1) is 0 Å². The van der Waals surface area contributed by atoms with E-state index in [0.29, 0.717) is 12.8 Å². The third-order valence-electron chi connectivity index (χ3n) is 0.908. The molecule has 0 saturated heterocycles. The zero-order chi connectivity index (χ0) is 9.98. The maximum absolute atomic E-state index is 9.49. The van der Waals surface area contributed by atoms with E-state index in [-0.39, 0.29) is 29.3 Å². The van der Waals surface area contributed by atoms with E-state index in [0.717, 1.165) is 0 Å². The van der Waals surface area contributed by atoms with Gasteiger partial charge in [-0.25, -0.2) is 0 Å². The second-order valence-corrected chi connectivity index (χ2v) is 2.24. The molecule has 0 aromatic carbocycles. The van der Waals surface area contributed by atoms with Gasteiger partial charge in [-0.05, 0) is 12.8 Å². The van der Waals surface area contributed by atoms with Crippen LogP contribution in [-0.4, -0.2) is 11.9 Å². The summed E-state index contributed by atoms with van der Waals surface area (Å²) in [6.45, 7) is 3.60. The Kier molecular flexibility index (Phi) is 19.6. The van der Waals surface area contributed by atoms with Gasteiger partial charge >= 0.3 is 16.5 Å². The summed E-state index contributed by atoms with van der Waals surface area (Å²) in [5.74, 6) is -1.92. The van der Waals surface area contributed by atoms with E-state index >= 15 is 0 Å². The van der Waals surface area contributed by atoms with Crippen LogP contribution in [0.25, 0.3) is 0 Å². The third-order valence-corrected chi connectivity index (χ3v) is 0.908. The Morgan fingerprint density at radius 1 is 0.923 bits per heavy atom. The summed E-state index contributed by atoms with van der Waals surface area (Å²) in [5, 5.41) is 19.0. The van der Waals surface area contributed by atoms with Crippen molar-refractivity contribution in [2.24, 2.45) is 0 Å². The molecule has 0 aliphatic carbocycles. The third kappa shape index (κ3) is 34.5. The van der Waals surface area contributed by atoms with Crippen LogP contribution in [0.2, 0.25) is 0 Å². The van der Waals surface area contributed by atoms with Crippen LogP contribution < -0.4 is 10.2 Å². The molecule has 0 aromatic rings. The molecule has 0 N–H and O–H groups in total. The van der Waals surface area contributed by atoms with Gasteiger partial charge in [-0.3, -0.25) is 0 Å². The molecule has 0 aliphatic rings. The summed E-state index contributed by atoms with van der Waals surface area (Å²) in [5.41, 5.74) is 0. The standard InChI is InChI=1S/2C4H8O2.Ni/c2*1-2-3-4(5)6;/h2*2-3H2,1H3,(H,5,6);/q;;+2/p-2. The first kappa shape index (κ1) is 18.3. The van der Waals surface area contributed by atoms with Crippen molar-refractivity contribution in [1.82, 2.24) is 0 Å². The second-order valence-electron chi connectivity index (χ2n) is 2.24. The summed E-state index contributed by atoms with van der Waals surface area (Å²) >= 11 is 0. The minimum absolute atomic E-state index is 0. The number of carbonyl (C=O) groups excluding carboxylic acids is 2. The predicted octanol–water partition coefficient (Wildman–Crippen LogP) is -0.930. The predicted molar refractivity (Wildman–Crippen MR) is 39.8 cm³/mol. The van der Waals surface area contributed by atoms with Crippen molar-refractivity contribution in [2.75, 3.05) is 0 Å². The quantitative estimate of drug-likeness (QED) is 0.587. The van der Waals surface area contributed by atoms with Crippen LogP contribution in [0.5, 0.6) is 0 Å². The van der Waals surface area contributed by atoms with Gasteiger partial charge in [0.25, 0.3) is 0 Å². The largest absolute Gasteiger partial charge is 2.00 e. The topological polar surface area (TPSA) is 80.3 Å². The minimum Gasteiger partial charge on any atom is -0.550 e. The fourth-order valence-corrected chi connectivity index (χ4v) is 0.408. The molecule has 13 heavy (non-hydrogen) atoms. The fourth-order valence-electron chi connectivity index (χ4n) is 0.408. The van der Waals surface area contributed by atoms with E-state index < -0.39 is 11.9 Å². The Bertz CT molecular complexity index is 120. The molecule has 0 unspecified atom stereocenters. The van der Waals surface area contributed by atoms with Crippen molar-refractivity contribution in [3.05, 3.63) is 0 Å². The van der Waals surface area contributed by atoms with E-state index in [1.165, 1.54) is 0 Å². The Balaban J connectivity index is -0.000000143. The number of aliphatic carboxylic acids is 2. The summed E-state index contributed by atoms with van der Waals surface area (Å²) < 4.78 is 0. The van der Waals surface area contributed by atoms with Crippen molar-refractivity contribution < 1.29 is 36.3 Å². The van der Waals surface area contributed by atoms with Gasteiger partial charge in [0, 0.05) is 11.9 Å². The van der Waals surface area contributed by atoms with E-state index in [1.54, 1.807) is 13.8 Å². The van der Waals surface area contributed by atoms with Gasteiger partial charge in [0.2, 0.25) is 0 Å². The van der Waals surface area contributed by atoms with Crippen molar-refractivity contribution in [1.29, 1.82) is 0 Å². The molecule has 5 heteroatoms. The number of hydrogen-bond donors (Lipinski definition) is 0. The molecule has 0 radical (unpaired) electrons. The molecule has 4 nitrogen and oxygen atoms in total. The summed E-state index contributed by atoms with van der Waals surface area (Å²) in [4.78, 5) is 19.0. The van der Waals surface area contributed by atoms with Crippen LogP contribution >= 0.6 is 0 Å². The van der Waals surface area contributed by atoms with Crippen molar-refractivity contribution in [3.63, 3.8) is 0 Å². The van der Waals surface area contributed by atoms with Crippen molar-refractivity contribution in [2.45, 2.75) is 39.5 Å². The van der Waals surface area contributed by atoms with Crippen LogP contribution in [0.1, 0.15) is 39.5 Å². The number of hydrogen-bond acceptors (Lipinski definition) is 4. The smallest absolute Gasteiger partial charge is 0.550 e. The van der Waals surface area contributed by atoms with Crippen LogP contribution in [0.15, 0.2) is 0 Å². The average Bonchev–Trinajstić information content (AvgIpc) is 1.87. The van der Waals surface area contributed by atoms with E-state index in [2.05, 4.69) is 0 Å². The van der Waals surface area contributed by atoms with E-state index in [9.17, 15) is 19.8 Å². The molecule has 0 fully saturated rings. The molecular formula is C8H14NiO4. The molecular weight excluding hydrogens is 219 g/mol. The molecule has 0 aliphatic heterocycles.